The Kier molecular flexibility index (Phi) is 4.35. The lowest BCUT2D eigenvalue weighted by atomic mass is 10.4. The maximum atomic E-state index is 13.0. The van der Waals surface area contributed by atoms with Crippen LogP contribution < -0.4 is 11.3 Å². The Hall–Kier alpha value is -1.37. The number of halogens is 1. The molecule has 3 nitrogen and oxygen atoms in total. The molecular formula is C12H11FN2OS2. The van der Waals surface area contributed by atoms with Crippen molar-refractivity contribution in [2.45, 2.75) is 10.6 Å². The largest absolute Gasteiger partial charge is 0.289 e. The van der Waals surface area contributed by atoms with Gasteiger partial charge < -0.3 is 0 Å². The summed E-state index contributed by atoms with van der Waals surface area (Å²) in [6.45, 7) is 0. The number of thiophene rings is 1. The fraction of sp³-hybridized carbons (Fsp3) is 0.0833. The maximum Gasteiger partial charge on any atom is 0.275 e. The minimum atomic E-state index is -0.290. The molecule has 1 aromatic carbocycles. The van der Waals surface area contributed by atoms with Crippen LogP contribution in [0.15, 0.2) is 41.3 Å². The molecule has 0 bridgehead atoms. The van der Waals surface area contributed by atoms with Gasteiger partial charge in [-0.15, -0.1) is 23.1 Å². The van der Waals surface area contributed by atoms with Crippen LogP contribution in [0.2, 0.25) is 0 Å². The number of hydrogen-bond donors (Lipinski definition) is 2. The third-order valence-electron chi connectivity index (χ3n) is 2.19. The van der Waals surface area contributed by atoms with Crippen LogP contribution in [-0.2, 0) is 5.75 Å². The zero-order valence-corrected chi connectivity index (χ0v) is 11.0. The molecule has 0 aliphatic heterocycles. The first-order valence-electron chi connectivity index (χ1n) is 5.17. The average molecular weight is 282 g/mol. The molecule has 18 heavy (non-hydrogen) atoms. The van der Waals surface area contributed by atoms with Gasteiger partial charge >= 0.3 is 0 Å². The number of rotatable bonds is 4. The van der Waals surface area contributed by atoms with Crippen molar-refractivity contribution in [2.75, 3.05) is 0 Å². The van der Waals surface area contributed by atoms with Crippen molar-refractivity contribution < 1.29 is 9.18 Å². The molecule has 6 heteroatoms. The topological polar surface area (TPSA) is 55.1 Å². The number of thioether (sulfide) groups is 1. The number of hydrogen-bond acceptors (Lipinski definition) is 4. The standard InChI is InChI=1S/C12H11FN2OS2/c13-8-2-1-3-9(6-8)17-7-10-4-5-11(18-10)12(16)15-14/h1-6H,7,14H2,(H,15,16). The summed E-state index contributed by atoms with van der Waals surface area (Å²) in [5.41, 5.74) is 2.09. The molecule has 0 saturated carbocycles. The zero-order chi connectivity index (χ0) is 13.0. The first-order chi connectivity index (χ1) is 8.69. The van der Waals surface area contributed by atoms with Crippen molar-refractivity contribution in [3.8, 4) is 0 Å². The average Bonchev–Trinajstić information content (AvgIpc) is 2.84. The Balaban J connectivity index is 1.98. The fourth-order valence-electron chi connectivity index (χ4n) is 1.36. The molecule has 3 N–H and O–H groups in total. The van der Waals surface area contributed by atoms with Gasteiger partial charge in [-0.25, -0.2) is 10.2 Å². The Morgan fingerprint density at radius 3 is 2.94 bits per heavy atom. The molecule has 0 radical (unpaired) electrons. The highest BCUT2D eigenvalue weighted by Gasteiger charge is 2.07. The molecule has 0 aliphatic carbocycles. The Bertz CT molecular complexity index is 557. The molecule has 94 valence electrons. The van der Waals surface area contributed by atoms with Crippen molar-refractivity contribution in [3.05, 3.63) is 52.0 Å². The van der Waals surface area contributed by atoms with E-state index in [1.165, 1.54) is 35.2 Å². The Morgan fingerprint density at radius 1 is 1.39 bits per heavy atom. The third-order valence-corrected chi connectivity index (χ3v) is 4.50. The zero-order valence-electron chi connectivity index (χ0n) is 9.35. The molecule has 0 spiro atoms. The monoisotopic (exact) mass is 282 g/mol. The second-order valence-electron chi connectivity index (χ2n) is 3.49. The van der Waals surface area contributed by atoms with E-state index in [2.05, 4.69) is 5.43 Å². The van der Waals surface area contributed by atoms with Gasteiger partial charge in [-0.2, -0.15) is 0 Å². The molecule has 0 saturated heterocycles. The SMILES string of the molecule is NNC(=O)c1ccc(CSc2cccc(F)c2)s1. The molecule has 1 heterocycles. The van der Waals surface area contributed by atoms with Crippen LogP contribution in [0.5, 0.6) is 0 Å². The number of hydrazine groups is 1. The van der Waals surface area contributed by atoms with Crippen LogP contribution in [0.25, 0.3) is 0 Å². The van der Waals surface area contributed by atoms with Gasteiger partial charge in [0, 0.05) is 15.5 Å². The molecular weight excluding hydrogens is 271 g/mol. The van der Waals surface area contributed by atoms with E-state index in [0.29, 0.717) is 10.6 Å². The van der Waals surface area contributed by atoms with Crippen molar-refractivity contribution in [1.29, 1.82) is 0 Å². The minimum absolute atomic E-state index is 0.241. The van der Waals surface area contributed by atoms with Crippen molar-refractivity contribution in [3.63, 3.8) is 0 Å². The highest BCUT2D eigenvalue weighted by atomic mass is 32.2. The molecule has 1 amide bonds. The summed E-state index contributed by atoms with van der Waals surface area (Å²) in [4.78, 5) is 13.8. The van der Waals surface area contributed by atoms with Gasteiger partial charge in [0.15, 0.2) is 0 Å². The third kappa shape index (κ3) is 3.32. The normalized spacial score (nSPS) is 10.3. The number of carbonyl (C=O) groups is 1. The number of nitrogen functional groups attached to an aromatic ring is 1. The molecule has 1 aromatic heterocycles. The van der Waals surface area contributed by atoms with Crippen LogP contribution in [0.3, 0.4) is 0 Å². The first-order valence-corrected chi connectivity index (χ1v) is 6.97. The fourth-order valence-corrected chi connectivity index (χ4v) is 3.25. The van der Waals surface area contributed by atoms with Crippen LogP contribution in [0.4, 0.5) is 4.39 Å². The van der Waals surface area contributed by atoms with Gasteiger partial charge in [0.05, 0.1) is 4.88 Å². The molecule has 0 fully saturated rings. The van der Waals surface area contributed by atoms with Crippen molar-refractivity contribution in [1.82, 2.24) is 5.43 Å². The van der Waals surface area contributed by atoms with E-state index in [9.17, 15) is 9.18 Å². The molecule has 2 aromatic rings. The van der Waals surface area contributed by atoms with E-state index in [-0.39, 0.29) is 11.7 Å². The lowest BCUT2D eigenvalue weighted by molar-refractivity contribution is 0.0957. The minimum Gasteiger partial charge on any atom is -0.289 e. The maximum absolute atomic E-state index is 13.0. The summed E-state index contributed by atoms with van der Waals surface area (Å²) >= 11 is 2.91. The predicted octanol–water partition coefficient (Wildman–Crippen LogP) is 2.78. The van der Waals surface area contributed by atoms with Gasteiger partial charge in [0.1, 0.15) is 5.82 Å². The van der Waals surface area contributed by atoms with E-state index >= 15 is 0 Å². The summed E-state index contributed by atoms with van der Waals surface area (Å²) in [6, 6.07) is 10.1. The second kappa shape index (κ2) is 5.99. The van der Waals surface area contributed by atoms with E-state index < -0.39 is 0 Å². The highest BCUT2D eigenvalue weighted by Crippen LogP contribution is 2.27. The second-order valence-corrected chi connectivity index (χ2v) is 5.70. The van der Waals surface area contributed by atoms with Crippen molar-refractivity contribution >= 4 is 29.0 Å². The highest BCUT2D eigenvalue weighted by molar-refractivity contribution is 7.98. The predicted molar refractivity (Wildman–Crippen MR) is 71.9 cm³/mol. The van der Waals surface area contributed by atoms with Crippen molar-refractivity contribution in [2.24, 2.45) is 5.84 Å². The lowest BCUT2D eigenvalue weighted by Gasteiger charge is -1.99. The van der Waals surface area contributed by atoms with Gasteiger partial charge in [0.2, 0.25) is 0 Å². The van der Waals surface area contributed by atoms with Crippen LogP contribution >= 0.6 is 23.1 Å². The van der Waals surface area contributed by atoms with Gasteiger partial charge in [-0.3, -0.25) is 10.2 Å². The van der Waals surface area contributed by atoms with E-state index in [1.54, 1.807) is 12.1 Å². The molecule has 0 aliphatic rings. The molecule has 0 atom stereocenters. The summed E-state index contributed by atoms with van der Waals surface area (Å²) in [5, 5.41) is 0. The smallest absolute Gasteiger partial charge is 0.275 e. The van der Waals surface area contributed by atoms with E-state index in [0.717, 1.165) is 9.77 Å². The number of benzene rings is 1. The van der Waals surface area contributed by atoms with E-state index in [1.807, 2.05) is 12.1 Å². The summed E-state index contributed by atoms with van der Waals surface area (Å²) in [5.74, 6) is 5.22. The number of nitrogens with two attached hydrogens (primary N) is 1. The first kappa shape index (κ1) is 13.1. The van der Waals surface area contributed by atoms with Crippen LogP contribution in [0, 0.1) is 5.82 Å². The van der Waals surface area contributed by atoms with E-state index in [4.69, 9.17) is 5.84 Å². The number of nitrogens with one attached hydrogen (secondary N) is 1. The van der Waals surface area contributed by atoms with Crippen LogP contribution in [-0.4, -0.2) is 5.91 Å². The Labute approximate surface area is 112 Å². The summed E-state index contributed by atoms with van der Waals surface area (Å²) in [6.07, 6.45) is 0. The van der Waals surface area contributed by atoms with Crippen LogP contribution in [0.1, 0.15) is 14.5 Å². The van der Waals surface area contributed by atoms with Gasteiger partial charge in [-0.1, -0.05) is 6.07 Å². The summed E-state index contributed by atoms with van der Waals surface area (Å²) < 4.78 is 13.0. The molecule has 0 unspecified atom stereocenters. The van der Waals surface area contributed by atoms with Gasteiger partial charge in [0.25, 0.3) is 5.91 Å². The lowest BCUT2D eigenvalue weighted by Crippen LogP contribution is -2.29. The quantitative estimate of drug-likeness (QED) is 0.392. The molecule has 2 rings (SSSR count). The number of amides is 1. The Morgan fingerprint density at radius 2 is 2.22 bits per heavy atom. The summed E-state index contributed by atoms with van der Waals surface area (Å²) in [7, 11) is 0. The number of carbonyl (C=O) groups excluding carboxylic acids is 1. The van der Waals surface area contributed by atoms with Gasteiger partial charge in [-0.05, 0) is 30.3 Å².